The molecule has 10 heteroatoms. The Balaban J connectivity index is 2.11. The van der Waals surface area contributed by atoms with Crippen LogP contribution in [0.1, 0.15) is 25.0 Å². The maximum atomic E-state index is 13.8. The summed E-state index contributed by atoms with van der Waals surface area (Å²) in [6, 6.07) is 7.92. The lowest BCUT2D eigenvalue weighted by Crippen LogP contribution is -2.44. The number of anilines is 2. The molecule has 1 fully saturated rings. The van der Waals surface area contributed by atoms with Gasteiger partial charge in [-0.25, -0.2) is 4.39 Å². The average molecular weight is 425 g/mol. The largest absolute Gasteiger partial charge is 0.505 e. The molecule has 1 unspecified atom stereocenters. The van der Waals surface area contributed by atoms with Crippen molar-refractivity contribution in [3.8, 4) is 11.8 Å². The van der Waals surface area contributed by atoms with E-state index in [9.17, 15) is 27.5 Å². The quantitative estimate of drug-likeness (QED) is 0.557. The summed E-state index contributed by atoms with van der Waals surface area (Å²) in [4.78, 5) is 15.5. The van der Waals surface area contributed by atoms with Crippen LogP contribution in [0.4, 0.5) is 28.9 Å². The van der Waals surface area contributed by atoms with Crippen LogP contribution in [-0.4, -0.2) is 22.1 Å². The van der Waals surface area contributed by atoms with Crippen LogP contribution in [0.15, 0.2) is 36.4 Å². The van der Waals surface area contributed by atoms with Gasteiger partial charge >= 0.3 is 6.18 Å². The predicted molar refractivity (Wildman–Crippen MR) is 101 cm³/mol. The lowest BCUT2D eigenvalue weighted by Gasteiger charge is -2.33. The molecule has 1 saturated heterocycles. The highest BCUT2D eigenvalue weighted by molar-refractivity contribution is 7.81. The van der Waals surface area contributed by atoms with Crippen molar-refractivity contribution in [1.29, 1.82) is 5.26 Å². The Hall–Kier alpha value is -2.93. The van der Waals surface area contributed by atoms with E-state index in [0.29, 0.717) is 0 Å². The minimum absolute atomic E-state index is 0.101. The second kappa shape index (κ2) is 6.84. The molecule has 0 aromatic heterocycles. The van der Waals surface area contributed by atoms with Crippen molar-refractivity contribution >= 4 is 29.9 Å². The molecule has 0 radical (unpaired) electrons. The van der Waals surface area contributed by atoms with Crippen LogP contribution >= 0.6 is 12.6 Å². The molecule has 1 amide bonds. The Morgan fingerprint density at radius 3 is 2.34 bits per heavy atom. The SMILES string of the molecule is CC1(C)C(=O)N(c2ccc(C#N)c(C(F)(F)F)c2)C(S)N1c1ccc(O)c(F)c1. The van der Waals surface area contributed by atoms with Gasteiger partial charge in [-0.1, -0.05) is 0 Å². The van der Waals surface area contributed by atoms with Crippen molar-refractivity contribution in [1.82, 2.24) is 0 Å². The number of hydrogen-bond acceptors (Lipinski definition) is 5. The standard InChI is InChI=1S/C19H15F4N3O2S/c1-18(2)16(28)25(11-4-3-10(9-24)13(7-11)19(21,22)23)17(29)26(18)12-5-6-15(27)14(20)8-12/h3-8,17,27,29H,1-2H3. The van der Waals surface area contributed by atoms with E-state index >= 15 is 0 Å². The van der Waals surface area contributed by atoms with E-state index < -0.39 is 45.8 Å². The van der Waals surface area contributed by atoms with Gasteiger partial charge in [0, 0.05) is 17.4 Å². The van der Waals surface area contributed by atoms with E-state index in [2.05, 4.69) is 12.6 Å². The zero-order chi connectivity index (χ0) is 21.7. The molecule has 2 aromatic rings. The molecule has 29 heavy (non-hydrogen) atoms. The number of nitrogens with zero attached hydrogens (tertiary/aromatic N) is 3. The number of rotatable bonds is 2. The number of amides is 1. The van der Waals surface area contributed by atoms with Crippen LogP contribution in [0.3, 0.4) is 0 Å². The van der Waals surface area contributed by atoms with Gasteiger partial charge in [0.15, 0.2) is 17.1 Å². The number of phenolic OH excluding ortho intramolecular Hbond substituents is 1. The lowest BCUT2D eigenvalue weighted by molar-refractivity contribution is -0.137. The smallest absolute Gasteiger partial charge is 0.417 e. The first-order valence-electron chi connectivity index (χ1n) is 8.30. The van der Waals surface area contributed by atoms with Crippen molar-refractivity contribution in [2.24, 2.45) is 0 Å². The zero-order valence-electron chi connectivity index (χ0n) is 15.2. The predicted octanol–water partition coefficient (Wildman–Crippen LogP) is 4.27. The van der Waals surface area contributed by atoms with Gasteiger partial charge in [-0.2, -0.15) is 18.4 Å². The third-order valence-electron chi connectivity index (χ3n) is 4.72. The average Bonchev–Trinajstić information content (AvgIpc) is 2.81. The van der Waals surface area contributed by atoms with Gasteiger partial charge < -0.3 is 10.0 Å². The molecular weight excluding hydrogens is 410 g/mol. The Bertz CT molecular complexity index is 1030. The van der Waals surface area contributed by atoms with Gasteiger partial charge in [0.2, 0.25) is 0 Å². The van der Waals surface area contributed by atoms with E-state index in [4.69, 9.17) is 5.26 Å². The number of alkyl halides is 3. The summed E-state index contributed by atoms with van der Waals surface area (Å²) in [7, 11) is 0. The normalized spacial score (nSPS) is 18.8. The van der Waals surface area contributed by atoms with E-state index in [1.165, 1.54) is 36.9 Å². The summed E-state index contributed by atoms with van der Waals surface area (Å²) in [5.41, 5.74) is -3.96. The maximum Gasteiger partial charge on any atom is 0.417 e. The highest BCUT2D eigenvalue weighted by Crippen LogP contribution is 2.42. The van der Waals surface area contributed by atoms with Crippen LogP contribution in [0.5, 0.6) is 5.75 Å². The molecule has 1 aliphatic rings. The first kappa shape index (κ1) is 20.8. The van der Waals surface area contributed by atoms with Gasteiger partial charge in [-0.15, -0.1) is 12.6 Å². The minimum Gasteiger partial charge on any atom is -0.505 e. The van der Waals surface area contributed by atoms with Gasteiger partial charge in [0.25, 0.3) is 5.91 Å². The lowest BCUT2D eigenvalue weighted by atomic mass is 10.0. The van der Waals surface area contributed by atoms with E-state index in [-0.39, 0.29) is 11.4 Å². The molecule has 0 aliphatic carbocycles. The molecular formula is C19H15F4N3O2S. The first-order chi connectivity index (χ1) is 13.4. The molecule has 1 atom stereocenters. The van der Waals surface area contributed by atoms with E-state index in [1.54, 1.807) is 0 Å². The number of nitriles is 1. The van der Waals surface area contributed by atoms with Crippen molar-refractivity contribution in [2.75, 3.05) is 9.80 Å². The Morgan fingerprint density at radius 2 is 1.79 bits per heavy atom. The Kier molecular flexibility index (Phi) is 4.91. The number of thiol groups is 1. The highest BCUT2D eigenvalue weighted by atomic mass is 32.1. The molecule has 0 bridgehead atoms. The van der Waals surface area contributed by atoms with Crippen LogP contribution in [0, 0.1) is 17.1 Å². The first-order valence-corrected chi connectivity index (χ1v) is 8.82. The second-order valence-corrected chi connectivity index (χ2v) is 7.39. The summed E-state index contributed by atoms with van der Waals surface area (Å²) in [5, 5.41) is 18.4. The van der Waals surface area contributed by atoms with Crippen molar-refractivity contribution in [2.45, 2.75) is 31.1 Å². The molecule has 5 nitrogen and oxygen atoms in total. The summed E-state index contributed by atoms with van der Waals surface area (Å²) >= 11 is 4.39. The molecule has 2 aromatic carbocycles. The highest BCUT2D eigenvalue weighted by Gasteiger charge is 2.51. The van der Waals surface area contributed by atoms with E-state index in [1.807, 2.05) is 0 Å². The molecule has 3 rings (SSSR count). The van der Waals surface area contributed by atoms with Crippen LogP contribution in [-0.2, 0) is 11.0 Å². The monoisotopic (exact) mass is 425 g/mol. The van der Waals surface area contributed by atoms with Gasteiger partial charge in [0.05, 0.1) is 17.2 Å². The number of phenols is 1. The Labute approximate surface area is 169 Å². The molecule has 152 valence electrons. The Morgan fingerprint density at radius 1 is 1.17 bits per heavy atom. The van der Waals surface area contributed by atoms with Crippen LogP contribution in [0.2, 0.25) is 0 Å². The number of halogens is 4. The fraction of sp³-hybridized carbons (Fsp3) is 0.263. The molecule has 1 aliphatic heterocycles. The van der Waals surface area contributed by atoms with Crippen molar-refractivity contribution in [3.63, 3.8) is 0 Å². The summed E-state index contributed by atoms with van der Waals surface area (Å²) < 4.78 is 53.8. The molecule has 1 heterocycles. The van der Waals surface area contributed by atoms with Gasteiger partial charge in [-0.3, -0.25) is 9.69 Å². The van der Waals surface area contributed by atoms with Crippen LogP contribution < -0.4 is 9.80 Å². The third kappa shape index (κ3) is 3.35. The summed E-state index contributed by atoms with van der Waals surface area (Å²) in [5.74, 6) is -2.06. The zero-order valence-corrected chi connectivity index (χ0v) is 16.1. The van der Waals surface area contributed by atoms with Gasteiger partial charge in [-0.05, 0) is 44.2 Å². The van der Waals surface area contributed by atoms with Gasteiger partial charge in [0.1, 0.15) is 5.54 Å². The van der Waals surface area contributed by atoms with Crippen molar-refractivity contribution < 1.29 is 27.5 Å². The number of carbonyl (C=O) groups is 1. The van der Waals surface area contributed by atoms with E-state index in [0.717, 1.165) is 29.2 Å². The summed E-state index contributed by atoms with van der Waals surface area (Å²) in [6.45, 7) is 3.05. The third-order valence-corrected chi connectivity index (χ3v) is 5.18. The molecule has 1 N–H and O–H groups in total. The number of aromatic hydroxyl groups is 1. The number of carbonyl (C=O) groups excluding carboxylic acids is 1. The topological polar surface area (TPSA) is 67.6 Å². The number of benzene rings is 2. The fourth-order valence-electron chi connectivity index (χ4n) is 3.27. The number of hydrogen-bond donors (Lipinski definition) is 2. The molecule has 0 saturated carbocycles. The maximum absolute atomic E-state index is 13.8. The minimum atomic E-state index is -4.79. The fourth-order valence-corrected chi connectivity index (χ4v) is 3.93. The van der Waals surface area contributed by atoms with Crippen LogP contribution in [0.25, 0.3) is 0 Å². The second-order valence-electron chi connectivity index (χ2n) is 6.93. The van der Waals surface area contributed by atoms with Crippen molar-refractivity contribution in [3.05, 3.63) is 53.3 Å². The molecule has 0 spiro atoms. The summed E-state index contributed by atoms with van der Waals surface area (Å²) in [6.07, 6.45) is -4.79.